The number of carbonyl (C=O) groups excluding carboxylic acids is 2. The topological polar surface area (TPSA) is 46.2 Å². The minimum absolute atomic E-state index is 0.0156. The van der Waals surface area contributed by atoms with E-state index >= 15 is 0 Å². The van der Waals surface area contributed by atoms with Crippen molar-refractivity contribution in [3.8, 4) is 0 Å². The van der Waals surface area contributed by atoms with Gasteiger partial charge in [-0.15, -0.1) is 11.8 Å². The minimum Gasteiger partial charge on any atom is -0.287 e. The number of carbonyl (C=O) groups is 2. The molecule has 0 fully saturated rings. The van der Waals surface area contributed by atoms with E-state index in [1.807, 2.05) is 6.92 Å². The summed E-state index contributed by atoms with van der Waals surface area (Å²) < 4.78 is 0. The summed E-state index contributed by atoms with van der Waals surface area (Å²) in [6.45, 7) is 1.89. The summed E-state index contributed by atoms with van der Waals surface area (Å²) in [5, 5.41) is 2.11. The van der Waals surface area contributed by atoms with E-state index in [0.717, 1.165) is 5.75 Å². The van der Waals surface area contributed by atoms with Crippen LogP contribution >= 0.6 is 23.4 Å². The second kappa shape index (κ2) is 3.28. The van der Waals surface area contributed by atoms with Gasteiger partial charge in [0.15, 0.2) is 0 Å². The molecule has 0 aliphatic carbocycles. The highest BCUT2D eigenvalue weighted by Gasteiger charge is 2.28. The summed E-state index contributed by atoms with van der Waals surface area (Å²) in [5.74, 6) is -0.147. The first-order valence-corrected chi connectivity index (χ1v) is 4.41. The average molecular weight is 192 g/mol. The van der Waals surface area contributed by atoms with Crippen molar-refractivity contribution in [2.75, 3.05) is 5.75 Å². The molecule has 3 nitrogen and oxygen atoms in total. The van der Waals surface area contributed by atoms with E-state index < -0.39 is 5.91 Å². The Bertz CT molecular complexity index is 249. The summed E-state index contributed by atoms with van der Waals surface area (Å²) in [4.78, 5) is 22.0. The van der Waals surface area contributed by atoms with Gasteiger partial charge in [-0.05, 0) is 5.75 Å². The SMILES string of the molecule is CCSC1=C(Cl)C(=O)NC1=O. The molecular formula is C6H6ClNO2S. The molecule has 1 aliphatic rings. The molecule has 0 atom stereocenters. The van der Waals surface area contributed by atoms with E-state index in [-0.39, 0.29) is 10.9 Å². The van der Waals surface area contributed by atoms with Gasteiger partial charge in [-0.25, -0.2) is 0 Å². The molecule has 0 spiro atoms. The van der Waals surface area contributed by atoms with Crippen LogP contribution in [0.15, 0.2) is 9.94 Å². The van der Waals surface area contributed by atoms with Gasteiger partial charge in [0.2, 0.25) is 0 Å². The first kappa shape index (κ1) is 8.62. The monoisotopic (exact) mass is 191 g/mol. The van der Waals surface area contributed by atoms with Gasteiger partial charge in [0, 0.05) is 0 Å². The van der Waals surface area contributed by atoms with Crippen molar-refractivity contribution in [2.24, 2.45) is 0 Å². The van der Waals surface area contributed by atoms with Crippen LogP contribution in [0.5, 0.6) is 0 Å². The fourth-order valence-electron chi connectivity index (χ4n) is 0.691. The Labute approximate surface area is 73.2 Å². The Morgan fingerprint density at radius 3 is 2.45 bits per heavy atom. The number of thioether (sulfide) groups is 1. The number of imide groups is 1. The van der Waals surface area contributed by atoms with Gasteiger partial charge in [-0.2, -0.15) is 0 Å². The third kappa shape index (κ3) is 1.57. The molecule has 5 heteroatoms. The Morgan fingerprint density at radius 1 is 1.45 bits per heavy atom. The second-order valence-corrected chi connectivity index (χ2v) is 3.51. The first-order valence-electron chi connectivity index (χ1n) is 3.05. The van der Waals surface area contributed by atoms with E-state index in [4.69, 9.17) is 11.6 Å². The maximum atomic E-state index is 10.9. The zero-order valence-corrected chi connectivity index (χ0v) is 7.38. The van der Waals surface area contributed by atoms with Gasteiger partial charge in [-0.1, -0.05) is 18.5 Å². The van der Waals surface area contributed by atoms with E-state index in [1.54, 1.807) is 0 Å². The maximum Gasteiger partial charge on any atom is 0.270 e. The predicted molar refractivity (Wildman–Crippen MR) is 44.2 cm³/mol. The fraction of sp³-hybridized carbons (Fsp3) is 0.333. The highest BCUT2D eigenvalue weighted by atomic mass is 35.5. The van der Waals surface area contributed by atoms with Crippen LogP contribution in [0, 0.1) is 0 Å². The van der Waals surface area contributed by atoms with Crippen LogP contribution in [0.1, 0.15) is 6.92 Å². The predicted octanol–water partition coefficient (Wildman–Crippen LogP) is 0.846. The molecule has 0 bridgehead atoms. The molecule has 1 N–H and O–H groups in total. The molecule has 0 unspecified atom stereocenters. The highest BCUT2D eigenvalue weighted by molar-refractivity contribution is 8.04. The third-order valence-corrected chi connectivity index (χ3v) is 2.56. The van der Waals surface area contributed by atoms with Crippen LogP contribution in [-0.4, -0.2) is 17.6 Å². The first-order chi connectivity index (χ1) is 5.16. The molecule has 1 heterocycles. The summed E-state index contributed by atoms with van der Waals surface area (Å²) >= 11 is 6.80. The number of halogens is 1. The maximum absolute atomic E-state index is 10.9. The molecule has 0 aromatic carbocycles. The van der Waals surface area contributed by atoms with Crippen LogP contribution in [0.4, 0.5) is 0 Å². The van der Waals surface area contributed by atoms with Gasteiger partial charge >= 0.3 is 0 Å². The van der Waals surface area contributed by atoms with Crippen LogP contribution in [-0.2, 0) is 9.59 Å². The molecule has 0 aromatic heterocycles. The minimum atomic E-state index is -0.493. The summed E-state index contributed by atoms with van der Waals surface area (Å²) in [7, 11) is 0. The summed E-state index contributed by atoms with van der Waals surface area (Å²) in [5.41, 5.74) is 0. The van der Waals surface area contributed by atoms with Crippen LogP contribution in [0.3, 0.4) is 0 Å². The largest absolute Gasteiger partial charge is 0.287 e. The number of rotatable bonds is 2. The average Bonchev–Trinajstić information content (AvgIpc) is 2.17. The molecule has 1 aliphatic heterocycles. The summed E-state index contributed by atoms with van der Waals surface area (Å²) in [6, 6.07) is 0. The lowest BCUT2D eigenvalue weighted by Crippen LogP contribution is -2.22. The van der Waals surface area contributed by atoms with Gasteiger partial charge in [0.1, 0.15) is 5.03 Å². The van der Waals surface area contributed by atoms with Crippen molar-refractivity contribution in [1.29, 1.82) is 0 Å². The van der Waals surface area contributed by atoms with Gasteiger partial charge in [-0.3, -0.25) is 14.9 Å². The second-order valence-electron chi connectivity index (χ2n) is 1.86. The quantitative estimate of drug-likeness (QED) is 0.659. The molecular weight excluding hydrogens is 186 g/mol. The molecule has 0 radical (unpaired) electrons. The van der Waals surface area contributed by atoms with Crippen LogP contribution in [0.25, 0.3) is 0 Å². The highest BCUT2D eigenvalue weighted by Crippen LogP contribution is 2.26. The fourth-order valence-corrected chi connectivity index (χ4v) is 1.68. The van der Waals surface area contributed by atoms with Crippen LogP contribution < -0.4 is 5.32 Å². The van der Waals surface area contributed by atoms with Gasteiger partial charge in [0.25, 0.3) is 11.8 Å². The van der Waals surface area contributed by atoms with Gasteiger partial charge in [0.05, 0.1) is 4.91 Å². The third-order valence-electron chi connectivity index (χ3n) is 1.12. The van der Waals surface area contributed by atoms with Crippen molar-refractivity contribution in [3.05, 3.63) is 9.94 Å². The van der Waals surface area contributed by atoms with E-state index in [2.05, 4.69) is 5.32 Å². The number of hydrogen-bond acceptors (Lipinski definition) is 3. The Kier molecular flexibility index (Phi) is 2.57. The van der Waals surface area contributed by atoms with E-state index in [0.29, 0.717) is 4.91 Å². The summed E-state index contributed by atoms with van der Waals surface area (Å²) in [6.07, 6.45) is 0. The lowest BCUT2D eigenvalue weighted by Gasteiger charge is -1.93. The number of hydrogen-bond donors (Lipinski definition) is 1. The normalized spacial score (nSPS) is 17.6. The van der Waals surface area contributed by atoms with Crippen molar-refractivity contribution in [3.63, 3.8) is 0 Å². The smallest absolute Gasteiger partial charge is 0.270 e. The molecule has 0 saturated heterocycles. The van der Waals surface area contributed by atoms with E-state index in [9.17, 15) is 9.59 Å². The van der Waals surface area contributed by atoms with Crippen molar-refractivity contribution >= 4 is 35.2 Å². The van der Waals surface area contributed by atoms with E-state index in [1.165, 1.54) is 11.8 Å². The van der Waals surface area contributed by atoms with Crippen molar-refractivity contribution in [1.82, 2.24) is 5.32 Å². The lowest BCUT2D eigenvalue weighted by atomic mass is 10.5. The molecule has 0 aromatic rings. The molecule has 2 amide bonds. The van der Waals surface area contributed by atoms with Crippen molar-refractivity contribution < 1.29 is 9.59 Å². The Morgan fingerprint density at radius 2 is 2.09 bits per heavy atom. The molecule has 1 rings (SSSR count). The standard InChI is InChI=1S/C6H6ClNO2S/c1-2-11-4-3(7)5(9)8-6(4)10/h2H2,1H3,(H,8,9,10). The molecule has 60 valence electrons. The number of amides is 2. The zero-order valence-electron chi connectivity index (χ0n) is 5.81. The molecule has 0 saturated carbocycles. The zero-order chi connectivity index (χ0) is 8.43. The van der Waals surface area contributed by atoms with Gasteiger partial charge < -0.3 is 0 Å². The Balaban J connectivity index is 2.87. The molecule has 11 heavy (non-hydrogen) atoms. The van der Waals surface area contributed by atoms with Crippen LogP contribution in [0.2, 0.25) is 0 Å². The van der Waals surface area contributed by atoms with Crippen molar-refractivity contribution in [2.45, 2.75) is 6.92 Å². The number of nitrogens with one attached hydrogen (secondary N) is 1. The lowest BCUT2D eigenvalue weighted by molar-refractivity contribution is -0.123. The Hall–Kier alpha value is -0.480.